The van der Waals surface area contributed by atoms with Gasteiger partial charge in [0, 0.05) is 29.7 Å². The highest BCUT2D eigenvalue weighted by Gasteiger charge is 2.23. The van der Waals surface area contributed by atoms with E-state index in [9.17, 15) is 0 Å². The summed E-state index contributed by atoms with van der Waals surface area (Å²) < 4.78 is 5.97. The van der Waals surface area contributed by atoms with Crippen molar-refractivity contribution in [1.29, 1.82) is 0 Å². The van der Waals surface area contributed by atoms with E-state index in [4.69, 9.17) is 22.1 Å². The van der Waals surface area contributed by atoms with Gasteiger partial charge in [-0.1, -0.05) is 11.6 Å². The van der Waals surface area contributed by atoms with Gasteiger partial charge in [-0.05, 0) is 56.3 Å². The van der Waals surface area contributed by atoms with E-state index in [-0.39, 0.29) is 12.4 Å². The molecule has 1 saturated carbocycles. The van der Waals surface area contributed by atoms with Gasteiger partial charge >= 0.3 is 0 Å². The zero-order valence-corrected chi connectivity index (χ0v) is 13.8. The number of ether oxygens (including phenoxy) is 1. The number of piperidine rings is 1. The van der Waals surface area contributed by atoms with E-state index in [0.717, 1.165) is 49.4 Å². The van der Waals surface area contributed by atoms with E-state index in [0.29, 0.717) is 6.04 Å². The fourth-order valence-corrected chi connectivity index (χ4v) is 2.98. The molecule has 0 radical (unpaired) electrons. The molecule has 1 unspecified atom stereocenters. The van der Waals surface area contributed by atoms with Crippen molar-refractivity contribution in [2.75, 3.05) is 19.7 Å². The molecule has 5 heteroatoms. The van der Waals surface area contributed by atoms with E-state index in [1.165, 1.54) is 24.8 Å². The van der Waals surface area contributed by atoms with Gasteiger partial charge in [-0.25, -0.2) is 0 Å². The fraction of sp³-hybridized carbons (Fsp3) is 0.625. The van der Waals surface area contributed by atoms with Crippen LogP contribution in [0.15, 0.2) is 18.2 Å². The van der Waals surface area contributed by atoms with Gasteiger partial charge in [0.05, 0.1) is 6.61 Å². The molecule has 2 fully saturated rings. The Bertz CT molecular complexity index is 466. The summed E-state index contributed by atoms with van der Waals surface area (Å²) in [6, 6.07) is 6.25. The predicted molar refractivity (Wildman–Crippen MR) is 89.4 cm³/mol. The first-order valence-corrected chi connectivity index (χ1v) is 7.97. The summed E-state index contributed by atoms with van der Waals surface area (Å²) in [6.45, 7) is 3.80. The first kappa shape index (κ1) is 16.9. The standard InChI is InChI=1S/C16H23ClN2O.ClH/c17-14-5-6-16(20-11-12-3-4-12)13(8-14)9-19-7-1-2-15(18)10-19;/h5-6,8,12,15H,1-4,7,9-11,18H2;1H. The smallest absolute Gasteiger partial charge is 0.123 e. The number of hydrogen-bond acceptors (Lipinski definition) is 3. The Balaban J connectivity index is 0.00000161. The zero-order chi connectivity index (χ0) is 13.9. The molecule has 1 aliphatic heterocycles. The normalized spacial score (nSPS) is 22.7. The summed E-state index contributed by atoms with van der Waals surface area (Å²) >= 11 is 6.14. The van der Waals surface area contributed by atoms with E-state index in [1.54, 1.807) is 0 Å². The van der Waals surface area contributed by atoms with Crippen molar-refractivity contribution in [2.24, 2.45) is 11.7 Å². The summed E-state index contributed by atoms with van der Waals surface area (Å²) in [4.78, 5) is 2.41. The highest BCUT2D eigenvalue weighted by molar-refractivity contribution is 6.30. The number of nitrogens with zero attached hydrogens (tertiary/aromatic N) is 1. The molecule has 1 heterocycles. The van der Waals surface area contributed by atoms with Crippen molar-refractivity contribution in [2.45, 2.75) is 38.3 Å². The number of benzene rings is 1. The molecule has 1 aromatic carbocycles. The summed E-state index contributed by atoms with van der Waals surface area (Å²) in [6.07, 6.45) is 4.94. The molecular weight excluding hydrogens is 307 g/mol. The fourth-order valence-electron chi connectivity index (χ4n) is 2.78. The molecule has 0 aromatic heterocycles. The van der Waals surface area contributed by atoms with Gasteiger partial charge in [0.2, 0.25) is 0 Å². The average Bonchev–Trinajstić information content (AvgIpc) is 3.22. The van der Waals surface area contributed by atoms with Gasteiger partial charge in [0.25, 0.3) is 0 Å². The molecule has 2 aliphatic rings. The molecule has 118 valence electrons. The predicted octanol–water partition coefficient (Wildman–Crippen LogP) is 3.47. The number of nitrogens with two attached hydrogens (primary N) is 1. The molecule has 3 nitrogen and oxygen atoms in total. The van der Waals surface area contributed by atoms with Gasteiger partial charge < -0.3 is 10.5 Å². The lowest BCUT2D eigenvalue weighted by Gasteiger charge is -2.31. The Labute approximate surface area is 138 Å². The van der Waals surface area contributed by atoms with Crippen molar-refractivity contribution in [1.82, 2.24) is 4.90 Å². The molecule has 3 rings (SSSR count). The Kier molecular flexibility index (Phi) is 6.18. The minimum absolute atomic E-state index is 0. The SMILES string of the molecule is Cl.NC1CCCN(Cc2cc(Cl)ccc2OCC2CC2)C1. The van der Waals surface area contributed by atoms with E-state index in [1.807, 2.05) is 18.2 Å². The minimum Gasteiger partial charge on any atom is -0.493 e. The highest BCUT2D eigenvalue weighted by atomic mass is 35.5. The van der Waals surface area contributed by atoms with Crippen molar-refractivity contribution in [3.05, 3.63) is 28.8 Å². The van der Waals surface area contributed by atoms with Crippen LogP contribution in [0, 0.1) is 5.92 Å². The molecule has 1 aliphatic carbocycles. The molecule has 21 heavy (non-hydrogen) atoms. The van der Waals surface area contributed by atoms with Crippen LogP contribution >= 0.6 is 24.0 Å². The molecule has 0 bridgehead atoms. The van der Waals surface area contributed by atoms with E-state index < -0.39 is 0 Å². The maximum atomic E-state index is 6.14. The largest absolute Gasteiger partial charge is 0.493 e. The third kappa shape index (κ3) is 5.03. The van der Waals surface area contributed by atoms with Crippen LogP contribution in [0.25, 0.3) is 0 Å². The van der Waals surface area contributed by atoms with Crippen LogP contribution in [0.3, 0.4) is 0 Å². The lowest BCUT2D eigenvalue weighted by atomic mass is 10.1. The second-order valence-corrected chi connectivity index (χ2v) is 6.58. The first-order chi connectivity index (χ1) is 9.70. The van der Waals surface area contributed by atoms with Crippen LogP contribution in [0.2, 0.25) is 5.02 Å². The van der Waals surface area contributed by atoms with Gasteiger partial charge in [0.1, 0.15) is 5.75 Å². The molecule has 0 amide bonds. The second-order valence-electron chi connectivity index (χ2n) is 6.14. The summed E-state index contributed by atoms with van der Waals surface area (Å²) in [7, 11) is 0. The Morgan fingerprint density at radius 1 is 1.29 bits per heavy atom. The summed E-state index contributed by atoms with van der Waals surface area (Å²) in [5, 5.41) is 0.778. The Morgan fingerprint density at radius 3 is 2.81 bits per heavy atom. The van der Waals surface area contributed by atoms with Crippen LogP contribution in [0.1, 0.15) is 31.2 Å². The van der Waals surface area contributed by atoms with E-state index in [2.05, 4.69) is 4.90 Å². The van der Waals surface area contributed by atoms with Crippen molar-refractivity contribution in [3.63, 3.8) is 0 Å². The van der Waals surface area contributed by atoms with Crippen molar-refractivity contribution >= 4 is 24.0 Å². The topological polar surface area (TPSA) is 38.5 Å². The van der Waals surface area contributed by atoms with Crippen LogP contribution in [0.4, 0.5) is 0 Å². The van der Waals surface area contributed by atoms with Crippen LogP contribution in [-0.4, -0.2) is 30.6 Å². The monoisotopic (exact) mass is 330 g/mol. The molecular formula is C16H24Cl2N2O. The molecule has 1 saturated heterocycles. The third-order valence-electron chi connectivity index (χ3n) is 4.13. The first-order valence-electron chi connectivity index (χ1n) is 7.60. The number of halogens is 2. The molecule has 1 aromatic rings. The molecule has 0 spiro atoms. The van der Waals surface area contributed by atoms with Gasteiger partial charge in [0.15, 0.2) is 0 Å². The van der Waals surface area contributed by atoms with E-state index >= 15 is 0 Å². The summed E-state index contributed by atoms with van der Waals surface area (Å²) in [5.41, 5.74) is 7.24. The van der Waals surface area contributed by atoms with Crippen molar-refractivity contribution in [3.8, 4) is 5.75 Å². The highest BCUT2D eigenvalue weighted by Crippen LogP contribution is 2.31. The van der Waals surface area contributed by atoms with Crippen LogP contribution in [0.5, 0.6) is 5.75 Å². The number of hydrogen-bond donors (Lipinski definition) is 1. The van der Waals surface area contributed by atoms with Crippen LogP contribution < -0.4 is 10.5 Å². The van der Waals surface area contributed by atoms with Crippen molar-refractivity contribution < 1.29 is 4.74 Å². The maximum absolute atomic E-state index is 6.14. The minimum atomic E-state index is 0. The third-order valence-corrected chi connectivity index (χ3v) is 4.37. The lowest BCUT2D eigenvalue weighted by molar-refractivity contribution is 0.197. The van der Waals surface area contributed by atoms with Crippen LogP contribution in [-0.2, 0) is 6.54 Å². The maximum Gasteiger partial charge on any atom is 0.123 e. The zero-order valence-electron chi connectivity index (χ0n) is 12.3. The lowest BCUT2D eigenvalue weighted by Crippen LogP contribution is -2.42. The Morgan fingerprint density at radius 2 is 2.10 bits per heavy atom. The van der Waals surface area contributed by atoms with Gasteiger partial charge in [-0.2, -0.15) is 0 Å². The summed E-state index contributed by atoms with van der Waals surface area (Å²) in [5.74, 6) is 1.75. The van der Waals surface area contributed by atoms with Gasteiger partial charge in [-0.3, -0.25) is 4.90 Å². The average molecular weight is 331 g/mol. The Hall–Kier alpha value is -0.480. The molecule has 2 N–H and O–H groups in total. The quantitative estimate of drug-likeness (QED) is 0.898. The number of likely N-dealkylation sites (tertiary alicyclic amines) is 1. The molecule has 1 atom stereocenters. The number of rotatable bonds is 5. The second kappa shape index (κ2) is 7.68. The van der Waals surface area contributed by atoms with Gasteiger partial charge in [-0.15, -0.1) is 12.4 Å².